The van der Waals surface area contributed by atoms with Crippen LogP contribution in [0.15, 0.2) is 18.2 Å². The van der Waals surface area contributed by atoms with E-state index in [4.69, 9.17) is 9.47 Å². The Morgan fingerprint density at radius 1 is 1.21 bits per heavy atom. The zero-order valence-corrected chi connectivity index (χ0v) is 11.4. The van der Waals surface area contributed by atoms with Gasteiger partial charge >= 0.3 is 0 Å². The van der Waals surface area contributed by atoms with E-state index in [1.54, 1.807) is 0 Å². The second-order valence-electron chi connectivity index (χ2n) is 5.38. The number of benzene rings is 1. The molecule has 1 aromatic rings. The van der Waals surface area contributed by atoms with E-state index in [9.17, 15) is 0 Å². The van der Waals surface area contributed by atoms with Crippen LogP contribution in [0.25, 0.3) is 0 Å². The summed E-state index contributed by atoms with van der Waals surface area (Å²) in [5, 5.41) is 7.18. The van der Waals surface area contributed by atoms with Gasteiger partial charge in [-0.3, -0.25) is 0 Å². The molecule has 2 heterocycles. The zero-order chi connectivity index (χ0) is 13.1. The van der Waals surface area contributed by atoms with Gasteiger partial charge in [-0.1, -0.05) is 6.07 Å². The van der Waals surface area contributed by atoms with Gasteiger partial charge in [0, 0.05) is 12.1 Å². The number of fused-ring (bicyclic) bond motifs is 1. The lowest BCUT2D eigenvalue weighted by atomic mass is 10.0. The SMILES string of the molecule is CC(NC1CCCNCC1)c1ccc2c(c1)OCO2. The van der Waals surface area contributed by atoms with Crippen LogP contribution in [0.2, 0.25) is 0 Å². The third kappa shape index (κ3) is 3.01. The molecule has 1 aromatic carbocycles. The van der Waals surface area contributed by atoms with Crippen LogP contribution in [0.4, 0.5) is 0 Å². The predicted octanol–water partition coefficient (Wildman–Crippen LogP) is 2.21. The van der Waals surface area contributed by atoms with Crippen molar-refractivity contribution in [3.63, 3.8) is 0 Å². The molecule has 0 aliphatic carbocycles. The second kappa shape index (κ2) is 5.80. The maximum atomic E-state index is 5.44. The van der Waals surface area contributed by atoms with Gasteiger partial charge in [0.1, 0.15) is 0 Å². The van der Waals surface area contributed by atoms with Gasteiger partial charge in [-0.05, 0) is 57.0 Å². The highest BCUT2D eigenvalue weighted by molar-refractivity contribution is 5.45. The molecule has 3 rings (SSSR count). The summed E-state index contributed by atoms with van der Waals surface area (Å²) in [6.45, 7) is 4.83. The van der Waals surface area contributed by atoms with E-state index < -0.39 is 0 Å². The third-order valence-electron chi connectivity index (χ3n) is 3.96. The van der Waals surface area contributed by atoms with E-state index in [-0.39, 0.29) is 0 Å². The van der Waals surface area contributed by atoms with Gasteiger partial charge in [0.25, 0.3) is 0 Å². The predicted molar refractivity (Wildman–Crippen MR) is 74.6 cm³/mol. The molecule has 1 fully saturated rings. The number of hydrogen-bond acceptors (Lipinski definition) is 4. The van der Waals surface area contributed by atoms with E-state index in [1.807, 2.05) is 6.07 Å². The molecule has 0 radical (unpaired) electrons. The highest BCUT2D eigenvalue weighted by atomic mass is 16.7. The molecule has 4 nitrogen and oxygen atoms in total. The molecule has 0 amide bonds. The summed E-state index contributed by atoms with van der Waals surface area (Å²) in [7, 11) is 0. The molecule has 2 aliphatic heterocycles. The molecular formula is C15H22N2O2. The maximum Gasteiger partial charge on any atom is 0.231 e. The van der Waals surface area contributed by atoms with Gasteiger partial charge in [-0.25, -0.2) is 0 Å². The molecular weight excluding hydrogens is 240 g/mol. The fourth-order valence-electron chi connectivity index (χ4n) is 2.82. The van der Waals surface area contributed by atoms with Crippen LogP contribution >= 0.6 is 0 Å². The van der Waals surface area contributed by atoms with Crippen LogP contribution in [0.5, 0.6) is 11.5 Å². The average molecular weight is 262 g/mol. The zero-order valence-electron chi connectivity index (χ0n) is 11.4. The van der Waals surface area contributed by atoms with E-state index in [0.29, 0.717) is 18.9 Å². The van der Waals surface area contributed by atoms with Crippen molar-refractivity contribution in [3.8, 4) is 11.5 Å². The largest absolute Gasteiger partial charge is 0.454 e. The molecule has 2 atom stereocenters. The Morgan fingerprint density at radius 3 is 3.05 bits per heavy atom. The summed E-state index contributed by atoms with van der Waals surface area (Å²) >= 11 is 0. The van der Waals surface area contributed by atoms with Gasteiger partial charge in [0.2, 0.25) is 6.79 Å². The molecule has 104 valence electrons. The molecule has 2 unspecified atom stereocenters. The van der Waals surface area contributed by atoms with Crippen LogP contribution in [0.1, 0.15) is 37.8 Å². The van der Waals surface area contributed by atoms with E-state index >= 15 is 0 Å². The summed E-state index contributed by atoms with van der Waals surface area (Å²) in [5.41, 5.74) is 1.27. The fraction of sp³-hybridized carbons (Fsp3) is 0.600. The van der Waals surface area contributed by atoms with Crippen LogP contribution in [-0.4, -0.2) is 25.9 Å². The summed E-state index contributed by atoms with van der Waals surface area (Å²) in [4.78, 5) is 0. The first-order valence-electron chi connectivity index (χ1n) is 7.19. The number of ether oxygens (including phenoxy) is 2. The van der Waals surface area contributed by atoms with Gasteiger partial charge in [0.05, 0.1) is 0 Å². The second-order valence-corrected chi connectivity index (χ2v) is 5.38. The average Bonchev–Trinajstić information content (AvgIpc) is 2.75. The highest BCUT2D eigenvalue weighted by Crippen LogP contribution is 2.34. The van der Waals surface area contributed by atoms with Crippen LogP contribution in [-0.2, 0) is 0 Å². The first kappa shape index (κ1) is 12.8. The van der Waals surface area contributed by atoms with E-state index in [1.165, 1.54) is 24.8 Å². The minimum absolute atomic E-state index is 0.342. The third-order valence-corrected chi connectivity index (χ3v) is 3.96. The lowest BCUT2D eigenvalue weighted by Crippen LogP contribution is -2.32. The molecule has 2 aliphatic rings. The molecule has 0 spiro atoms. The summed E-state index contributed by atoms with van der Waals surface area (Å²) in [6, 6.07) is 7.17. The quantitative estimate of drug-likeness (QED) is 0.876. The lowest BCUT2D eigenvalue weighted by Gasteiger charge is -2.22. The van der Waals surface area contributed by atoms with E-state index in [2.05, 4.69) is 29.7 Å². The van der Waals surface area contributed by atoms with Crippen LogP contribution in [0.3, 0.4) is 0 Å². The Hall–Kier alpha value is -1.26. The van der Waals surface area contributed by atoms with Gasteiger partial charge < -0.3 is 20.1 Å². The number of rotatable bonds is 3. The molecule has 2 N–H and O–H groups in total. The van der Waals surface area contributed by atoms with Crippen molar-refractivity contribution in [2.75, 3.05) is 19.9 Å². The Bertz CT molecular complexity index is 428. The van der Waals surface area contributed by atoms with Gasteiger partial charge in [-0.2, -0.15) is 0 Å². The van der Waals surface area contributed by atoms with Crippen LogP contribution in [0, 0.1) is 0 Å². The number of nitrogens with one attached hydrogen (secondary N) is 2. The van der Waals surface area contributed by atoms with Crippen molar-refractivity contribution in [2.24, 2.45) is 0 Å². The van der Waals surface area contributed by atoms with E-state index in [0.717, 1.165) is 24.6 Å². The molecule has 1 saturated heterocycles. The smallest absolute Gasteiger partial charge is 0.231 e. The fourth-order valence-corrected chi connectivity index (χ4v) is 2.82. The lowest BCUT2D eigenvalue weighted by molar-refractivity contribution is 0.174. The Labute approximate surface area is 114 Å². The molecule has 4 heteroatoms. The van der Waals surface area contributed by atoms with Crippen molar-refractivity contribution in [1.29, 1.82) is 0 Å². The van der Waals surface area contributed by atoms with Gasteiger partial charge in [0.15, 0.2) is 11.5 Å². The molecule has 0 bridgehead atoms. The van der Waals surface area contributed by atoms with Crippen molar-refractivity contribution in [3.05, 3.63) is 23.8 Å². The van der Waals surface area contributed by atoms with Crippen molar-refractivity contribution >= 4 is 0 Å². The minimum atomic E-state index is 0.342. The number of hydrogen-bond donors (Lipinski definition) is 2. The normalized spacial score (nSPS) is 23.9. The molecule has 0 saturated carbocycles. The summed E-state index contributed by atoms with van der Waals surface area (Å²) in [6.07, 6.45) is 3.71. The van der Waals surface area contributed by atoms with Crippen LogP contribution < -0.4 is 20.1 Å². The summed E-state index contributed by atoms with van der Waals surface area (Å²) in [5.74, 6) is 1.73. The Balaban J connectivity index is 1.64. The minimum Gasteiger partial charge on any atom is -0.454 e. The standard InChI is InChI=1S/C15H22N2O2/c1-11(17-13-3-2-7-16-8-6-13)12-4-5-14-15(9-12)19-10-18-14/h4-5,9,11,13,16-17H,2-3,6-8,10H2,1H3. The topological polar surface area (TPSA) is 42.5 Å². The monoisotopic (exact) mass is 262 g/mol. The molecule has 19 heavy (non-hydrogen) atoms. The van der Waals surface area contributed by atoms with Gasteiger partial charge in [-0.15, -0.1) is 0 Å². The summed E-state index contributed by atoms with van der Waals surface area (Å²) < 4.78 is 10.8. The first-order chi connectivity index (χ1) is 9.33. The Morgan fingerprint density at radius 2 is 2.11 bits per heavy atom. The Kier molecular flexibility index (Phi) is 3.89. The van der Waals surface area contributed by atoms with Crippen molar-refractivity contribution in [1.82, 2.24) is 10.6 Å². The van der Waals surface area contributed by atoms with Crippen molar-refractivity contribution < 1.29 is 9.47 Å². The highest BCUT2D eigenvalue weighted by Gasteiger charge is 2.18. The maximum absolute atomic E-state index is 5.44. The molecule has 0 aromatic heterocycles. The first-order valence-corrected chi connectivity index (χ1v) is 7.19. The van der Waals surface area contributed by atoms with Crippen molar-refractivity contribution in [2.45, 2.75) is 38.3 Å².